The van der Waals surface area contributed by atoms with E-state index in [4.69, 9.17) is 9.52 Å². The lowest BCUT2D eigenvalue weighted by atomic mass is 10.0. The monoisotopic (exact) mass is 344 g/mol. The molecule has 1 aliphatic heterocycles. The second kappa shape index (κ2) is 5.74. The van der Waals surface area contributed by atoms with E-state index in [0.717, 1.165) is 32.3 Å². The second-order valence-electron chi connectivity index (χ2n) is 4.81. The molecule has 0 saturated carbocycles. The smallest absolute Gasteiger partial charge is 0.303 e. The Balaban J connectivity index is 2.17. The van der Waals surface area contributed by atoms with Crippen LogP contribution in [-0.4, -0.2) is 11.1 Å². The van der Waals surface area contributed by atoms with Crippen molar-refractivity contribution < 1.29 is 14.3 Å². The van der Waals surface area contributed by atoms with Crippen LogP contribution < -0.4 is 0 Å². The summed E-state index contributed by atoms with van der Waals surface area (Å²) in [6, 6.07) is 11.9. The summed E-state index contributed by atoms with van der Waals surface area (Å²) in [5, 5.41) is 8.93. The fraction of sp³-hybridized carbons (Fsp3) is 0.118. The van der Waals surface area contributed by atoms with Crippen LogP contribution in [0.15, 0.2) is 57.8 Å². The van der Waals surface area contributed by atoms with Crippen LogP contribution in [0.1, 0.15) is 12.0 Å². The van der Waals surface area contributed by atoms with Gasteiger partial charge in [-0.05, 0) is 45.1 Å². The van der Waals surface area contributed by atoms with Gasteiger partial charge in [-0.15, -0.1) is 0 Å². The van der Waals surface area contributed by atoms with Crippen molar-refractivity contribution >= 4 is 21.9 Å². The number of carbonyl (C=O) groups is 1. The molecule has 2 aliphatic rings. The van der Waals surface area contributed by atoms with E-state index < -0.39 is 5.97 Å². The predicted molar refractivity (Wildman–Crippen MR) is 84.4 cm³/mol. The summed E-state index contributed by atoms with van der Waals surface area (Å²) in [6.45, 7) is 0. The minimum atomic E-state index is -0.793. The van der Waals surface area contributed by atoms with Gasteiger partial charge in [-0.1, -0.05) is 30.3 Å². The van der Waals surface area contributed by atoms with Crippen molar-refractivity contribution in [3.8, 4) is 22.3 Å². The van der Waals surface area contributed by atoms with E-state index in [1.54, 1.807) is 12.5 Å². The van der Waals surface area contributed by atoms with Gasteiger partial charge in [0.2, 0.25) is 0 Å². The number of carboxylic acid groups (broad SMARTS) is 1. The van der Waals surface area contributed by atoms with E-state index in [1.807, 2.05) is 36.4 Å². The molecule has 106 valence electrons. The lowest BCUT2D eigenvalue weighted by Gasteiger charge is -2.03. The van der Waals surface area contributed by atoms with Crippen LogP contribution in [0.4, 0.5) is 0 Å². The van der Waals surface area contributed by atoms with E-state index in [-0.39, 0.29) is 6.42 Å². The Labute approximate surface area is 130 Å². The second-order valence-corrected chi connectivity index (χ2v) is 5.60. The fourth-order valence-electron chi connectivity index (χ4n) is 2.58. The highest BCUT2D eigenvalue weighted by Gasteiger charge is 2.23. The summed E-state index contributed by atoms with van der Waals surface area (Å²) < 4.78 is 6.26. The van der Waals surface area contributed by atoms with Crippen LogP contribution in [-0.2, 0) is 11.2 Å². The molecule has 0 spiro atoms. The highest BCUT2D eigenvalue weighted by molar-refractivity contribution is 9.10. The minimum Gasteiger partial charge on any atom is -0.481 e. The van der Waals surface area contributed by atoms with Gasteiger partial charge in [0.05, 0.1) is 12.5 Å². The van der Waals surface area contributed by atoms with E-state index >= 15 is 0 Å². The number of aliphatic carboxylic acids is 1. The molecular weight excluding hydrogens is 332 g/mol. The number of hydrogen-bond acceptors (Lipinski definition) is 2. The van der Waals surface area contributed by atoms with Crippen LogP contribution in [0, 0.1) is 0 Å². The quantitative estimate of drug-likeness (QED) is 0.737. The Bertz CT molecular complexity index is 746. The van der Waals surface area contributed by atoms with Crippen molar-refractivity contribution in [2.45, 2.75) is 12.8 Å². The van der Waals surface area contributed by atoms with Crippen LogP contribution >= 0.6 is 15.9 Å². The Morgan fingerprint density at radius 3 is 2.62 bits per heavy atom. The third kappa shape index (κ3) is 2.59. The van der Waals surface area contributed by atoms with Gasteiger partial charge in [-0.2, -0.15) is 0 Å². The SMILES string of the molecule is O=C(O)CCc1c2ccocc-2c(-c2ccccc2)c1Br. The Morgan fingerprint density at radius 2 is 1.90 bits per heavy atom. The third-order valence-corrected chi connectivity index (χ3v) is 4.39. The molecule has 21 heavy (non-hydrogen) atoms. The van der Waals surface area contributed by atoms with E-state index in [0.29, 0.717) is 6.42 Å². The van der Waals surface area contributed by atoms with E-state index in [9.17, 15) is 4.79 Å². The third-order valence-electron chi connectivity index (χ3n) is 3.52. The highest BCUT2D eigenvalue weighted by Crippen LogP contribution is 2.46. The zero-order valence-corrected chi connectivity index (χ0v) is 12.8. The number of carboxylic acids is 1. The average molecular weight is 345 g/mol. The van der Waals surface area contributed by atoms with Crippen molar-refractivity contribution in [1.82, 2.24) is 0 Å². The first-order valence-corrected chi connectivity index (χ1v) is 7.41. The largest absolute Gasteiger partial charge is 0.481 e. The summed E-state index contributed by atoms with van der Waals surface area (Å²) >= 11 is 3.65. The molecular formula is C17H13BrO3. The molecule has 0 aromatic heterocycles. The lowest BCUT2D eigenvalue weighted by molar-refractivity contribution is -0.136. The van der Waals surface area contributed by atoms with Crippen molar-refractivity contribution in [2.75, 3.05) is 0 Å². The maximum atomic E-state index is 10.9. The number of benzene rings is 1. The standard InChI is InChI=1S/C17H13BrO3/c18-17-13(6-7-15(19)20)12-8-9-21-10-14(12)16(17)11-4-2-1-3-5-11/h1-5,8-10H,6-7H2,(H,19,20). The number of hydrogen-bond donors (Lipinski definition) is 1. The molecule has 1 aliphatic carbocycles. The Morgan fingerprint density at radius 1 is 1.14 bits per heavy atom. The van der Waals surface area contributed by atoms with Gasteiger partial charge in [-0.25, -0.2) is 0 Å². The first-order chi connectivity index (χ1) is 10.2. The molecule has 0 saturated heterocycles. The molecule has 0 amide bonds. The molecule has 3 nitrogen and oxygen atoms in total. The molecule has 0 radical (unpaired) electrons. The topological polar surface area (TPSA) is 50.4 Å². The zero-order valence-electron chi connectivity index (χ0n) is 11.2. The van der Waals surface area contributed by atoms with E-state index in [2.05, 4.69) is 15.9 Å². The summed E-state index contributed by atoms with van der Waals surface area (Å²) in [4.78, 5) is 10.9. The molecule has 3 rings (SSSR count). The van der Waals surface area contributed by atoms with Crippen molar-refractivity contribution in [3.05, 3.63) is 59.0 Å². The van der Waals surface area contributed by atoms with Gasteiger partial charge in [0.1, 0.15) is 0 Å². The summed E-state index contributed by atoms with van der Waals surface area (Å²) in [5.74, 6) is -0.793. The van der Waals surface area contributed by atoms with Gasteiger partial charge in [-0.3, -0.25) is 4.79 Å². The summed E-state index contributed by atoms with van der Waals surface area (Å²) in [6.07, 6.45) is 3.93. The minimum absolute atomic E-state index is 0.109. The first-order valence-electron chi connectivity index (χ1n) is 6.62. The molecule has 4 heteroatoms. The summed E-state index contributed by atoms with van der Waals surface area (Å²) in [7, 11) is 0. The maximum Gasteiger partial charge on any atom is 0.303 e. The van der Waals surface area contributed by atoms with Gasteiger partial charge < -0.3 is 9.52 Å². The normalized spacial score (nSPS) is 10.9. The molecule has 1 aromatic carbocycles. The van der Waals surface area contributed by atoms with Crippen LogP contribution in [0.3, 0.4) is 0 Å². The van der Waals surface area contributed by atoms with Crippen LogP contribution in [0.5, 0.6) is 0 Å². The van der Waals surface area contributed by atoms with Crippen molar-refractivity contribution in [1.29, 1.82) is 0 Å². The first kappa shape index (κ1) is 13.9. The van der Waals surface area contributed by atoms with Crippen molar-refractivity contribution in [2.24, 2.45) is 0 Å². The molecule has 1 aromatic rings. The lowest BCUT2D eigenvalue weighted by Crippen LogP contribution is -1.97. The maximum absolute atomic E-state index is 10.9. The zero-order chi connectivity index (χ0) is 14.8. The molecule has 0 fully saturated rings. The van der Waals surface area contributed by atoms with Gasteiger partial charge in [0, 0.05) is 22.0 Å². The predicted octanol–water partition coefficient (Wildman–Crippen LogP) is 4.83. The number of fused-ring (bicyclic) bond motifs is 1. The van der Waals surface area contributed by atoms with Crippen LogP contribution in [0.2, 0.25) is 0 Å². The summed E-state index contributed by atoms with van der Waals surface area (Å²) in [5.41, 5.74) is 5.18. The molecule has 0 bridgehead atoms. The molecule has 1 N–H and O–H groups in total. The average Bonchev–Trinajstić information content (AvgIpc) is 2.78. The Kier molecular flexibility index (Phi) is 3.80. The van der Waals surface area contributed by atoms with E-state index in [1.165, 1.54) is 0 Å². The van der Waals surface area contributed by atoms with Gasteiger partial charge >= 0.3 is 5.97 Å². The highest BCUT2D eigenvalue weighted by atomic mass is 79.9. The molecule has 0 unspecified atom stereocenters. The molecule has 0 atom stereocenters. The number of halogens is 1. The fourth-order valence-corrected chi connectivity index (χ4v) is 3.43. The van der Waals surface area contributed by atoms with Gasteiger partial charge in [0.15, 0.2) is 0 Å². The van der Waals surface area contributed by atoms with Crippen molar-refractivity contribution in [3.63, 3.8) is 0 Å². The molecule has 1 heterocycles. The van der Waals surface area contributed by atoms with Gasteiger partial charge in [0.25, 0.3) is 0 Å². The van der Waals surface area contributed by atoms with Crippen LogP contribution in [0.25, 0.3) is 22.3 Å². The number of rotatable bonds is 4. The Hall–Kier alpha value is -2.07.